The van der Waals surface area contributed by atoms with Crippen molar-refractivity contribution >= 4 is 18.3 Å². The fourth-order valence-corrected chi connectivity index (χ4v) is 2.63. The van der Waals surface area contributed by atoms with E-state index in [9.17, 15) is 4.79 Å². The average Bonchev–Trinajstić information content (AvgIpc) is 3.32. The Balaban J connectivity index is 0.00000176. The zero-order valence-corrected chi connectivity index (χ0v) is 13.5. The number of nitrogens with two attached hydrogens (primary N) is 1. The SMILES string of the molecule is CC(CN)CNC(=O)C1CC1c1ccc2c(c1)OCCO2.Cl. The molecule has 1 aliphatic carbocycles. The molecule has 1 fully saturated rings. The minimum absolute atomic E-state index is 0. The summed E-state index contributed by atoms with van der Waals surface area (Å²) in [4.78, 5) is 12.1. The number of hydrogen-bond acceptors (Lipinski definition) is 4. The number of benzene rings is 1. The fraction of sp³-hybridized carbons (Fsp3) is 0.562. The summed E-state index contributed by atoms with van der Waals surface area (Å²) in [6.45, 7) is 4.46. The van der Waals surface area contributed by atoms with Crippen molar-refractivity contribution in [2.24, 2.45) is 17.6 Å². The predicted molar refractivity (Wildman–Crippen MR) is 86.8 cm³/mol. The molecule has 1 heterocycles. The van der Waals surface area contributed by atoms with E-state index in [0.29, 0.717) is 38.1 Å². The number of nitrogens with one attached hydrogen (secondary N) is 1. The van der Waals surface area contributed by atoms with Gasteiger partial charge in [0.2, 0.25) is 5.91 Å². The first-order chi connectivity index (χ1) is 10.2. The summed E-state index contributed by atoms with van der Waals surface area (Å²) in [6, 6.07) is 5.98. The number of halogens is 1. The van der Waals surface area contributed by atoms with Crippen LogP contribution in [0.15, 0.2) is 18.2 Å². The molecule has 0 spiro atoms. The summed E-state index contributed by atoms with van der Waals surface area (Å²) >= 11 is 0. The molecule has 122 valence electrons. The lowest BCUT2D eigenvalue weighted by Gasteiger charge is -2.18. The number of hydrogen-bond donors (Lipinski definition) is 2. The molecule has 0 radical (unpaired) electrons. The third-order valence-corrected chi connectivity index (χ3v) is 4.15. The van der Waals surface area contributed by atoms with Crippen molar-refractivity contribution in [3.63, 3.8) is 0 Å². The van der Waals surface area contributed by atoms with Gasteiger partial charge in [-0.2, -0.15) is 0 Å². The Morgan fingerprint density at radius 2 is 2.09 bits per heavy atom. The van der Waals surface area contributed by atoms with Gasteiger partial charge >= 0.3 is 0 Å². The summed E-state index contributed by atoms with van der Waals surface area (Å²) in [6.07, 6.45) is 0.905. The van der Waals surface area contributed by atoms with Crippen LogP contribution in [0.3, 0.4) is 0 Å². The maximum atomic E-state index is 12.1. The lowest BCUT2D eigenvalue weighted by Crippen LogP contribution is -2.32. The molecule has 1 aliphatic heterocycles. The van der Waals surface area contributed by atoms with Crippen LogP contribution >= 0.6 is 12.4 Å². The van der Waals surface area contributed by atoms with Crippen molar-refractivity contribution in [2.45, 2.75) is 19.3 Å². The number of amides is 1. The van der Waals surface area contributed by atoms with Crippen LogP contribution in [0, 0.1) is 11.8 Å². The van der Waals surface area contributed by atoms with Gasteiger partial charge in [0.15, 0.2) is 11.5 Å². The Kier molecular flexibility index (Phi) is 5.53. The maximum absolute atomic E-state index is 12.1. The molecule has 0 bridgehead atoms. The molecule has 3 unspecified atom stereocenters. The van der Waals surface area contributed by atoms with Crippen LogP contribution in [-0.2, 0) is 4.79 Å². The van der Waals surface area contributed by atoms with Crippen molar-refractivity contribution in [1.29, 1.82) is 0 Å². The number of carbonyl (C=O) groups is 1. The minimum atomic E-state index is 0. The molecule has 1 saturated carbocycles. The van der Waals surface area contributed by atoms with Gasteiger partial charge in [-0.3, -0.25) is 4.79 Å². The number of fused-ring (bicyclic) bond motifs is 1. The van der Waals surface area contributed by atoms with Crippen LogP contribution in [0.1, 0.15) is 24.8 Å². The van der Waals surface area contributed by atoms with Gasteiger partial charge in [0, 0.05) is 12.5 Å². The van der Waals surface area contributed by atoms with Gasteiger partial charge < -0.3 is 20.5 Å². The molecule has 3 N–H and O–H groups in total. The van der Waals surface area contributed by atoms with Gasteiger partial charge in [0.25, 0.3) is 0 Å². The van der Waals surface area contributed by atoms with Gasteiger partial charge in [-0.05, 0) is 42.5 Å². The first-order valence-corrected chi connectivity index (χ1v) is 7.56. The van der Waals surface area contributed by atoms with Crippen molar-refractivity contribution in [2.75, 3.05) is 26.3 Å². The molecule has 0 aromatic heterocycles. The summed E-state index contributed by atoms with van der Waals surface area (Å²) in [5, 5.41) is 2.98. The summed E-state index contributed by atoms with van der Waals surface area (Å²) in [7, 11) is 0. The highest BCUT2D eigenvalue weighted by atomic mass is 35.5. The van der Waals surface area contributed by atoms with Crippen LogP contribution in [0.5, 0.6) is 11.5 Å². The van der Waals surface area contributed by atoms with Crippen molar-refractivity contribution in [3.05, 3.63) is 23.8 Å². The molecule has 22 heavy (non-hydrogen) atoms. The molecule has 1 amide bonds. The second-order valence-electron chi connectivity index (χ2n) is 5.94. The zero-order valence-electron chi connectivity index (χ0n) is 12.7. The first kappa shape index (κ1) is 16.9. The Morgan fingerprint density at radius 3 is 2.82 bits per heavy atom. The lowest BCUT2D eigenvalue weighted by molar-refractivity contribution is -0.122. The van der Waals surface area contributed by atoms with E-state index < -0.39 is 0 Å². The molecule has 0 saturated heterocycles. The van der Waals surface area contributed by atoms with E-state index in [1.54, 1.807) is 0 Å². The number of ether oxygens (including phenoxy) is 2. The van der Waals surface area contributed by atoms with Gasteiger partial charge in [-0.25, -0.2) is 0 Å². The van der Waals surface area contributed by atoms with E-state index in [1.807, 2.05) is 25.1 Å². The van der Waals surface area contributed by atoms with Gasteiger partial charge in [-0.1, -0.05) is 13.0 Å². The number of rotatable bonds is 5. The van der Waals surface area contributed by atoms with E-state index >= 15 is 0 Å². The van der Waals surface area contributed by atoms with Gasteiger partial charge in [-0.15, -0.1) is 12.4 Å². The van der Waals surface area contributed by atoms with Crippen LogP contribution in [-0.4, -0.2) is 32.2 Å². The van der Waals surface area contributed by atoms with E-state index in [4.69, 9.17) is 15.2 Å². The molecular formula is C16H23ClN2O3. The quantitative estimate of drug-likeness (QED) is 0.863. The van der Waals surface area contributed by atoms with Crippen LogP contribution in [0.4, 0.5) is 0 Å². The first-order valence-electron chi connectivity index (χ1n) is 7.56. The maximum Gasteiger partial charge on any atom is 0.223 e. The Labute approximate surface area is 137 Å². The summed E-state index contributed by atoms with van der Waals surface area (Å²) in [5.74, 6) is 2.42. The Morgan fingerprint density at radius 1 is 1.36 bits per heavy atom. The third-order valence-electron chi connectivity index (χ3n) is 4.15. The predicted octanol–water partition coefficient (Wildman–Crippen LogP) is 1.69. The van der Waals surface area contributed by atoms with Crippen LogP contribution in [0.2, 0.25) is 0 Å². The molecule has 5 nitrogen and oxygen atoms in total. The lowest BCUT2D eigenvalue weighted by atomic mass is 10.1. The highest BCUT2D eigenvalue weighted by Gasteiger charge is 2.44. The van der Waals surface area contributed by atoms with Crippen molar-refractivity contribution < 1.29 is 14.3 Å². The van der Waals surface area contributed by atoms with E-state index in [0.717, 1.165) is 23.5 Å². The molecule has 3 atom stereocenters. The standard InChI is InChI=1S/C16H22N2O3.ClH/c1-10(8-17)9-18-16(19)13-7-12(13)11-2-3-14-15(6-11)21-5-4-20-14;/h2-3,6,10,12-13H,4-5,7-9,17H2,1H3,(H,18,19);1H. The van der Waals surface area contributed by atoms with E-state index in [1.165, 1.54) is 0 Å². The van der Waals surface area contributed by atoms with E-state index in [-0.39, 0.29) is 24.2 Å². The van der Waals surface area contributed by atoms with Crippen LogP contribution < -0.4 is 20.5 Å². The molecule has 3 rings (SSSR count). The summed E-state index contributed by atoms with van der Waals surface area (Å²) in [5.41, 5.74) is 6.71. The minimum Gasteiger partial charge on any atom is -0.486 e. The highest BCUT2D eigenvalue weighted by Crippen LogP contribution is 2.49. The zero-order chi connectivity index (χ0) is 14.8. The highest BCUT2D eigenvalue weighted by molar-refractivity contribution is 5.85. The van der Waals surface area contributed by atoms with Gasteiger partial charge in [0.1, 0.15) is 13.2 Å². The molecule has 2 aliphatic rings. The monoisotopic (exact) mass is 326 g/mol. The van der Waals surface area contributed by atoms with Crippen LogP contribution in [0.25, 0.3) is 0 Å². The van der Waals surface area contributed by atoms with Crippen molar-refractivity contribution in [1.82, 2.24) is 5.32 Å². The average molecular weight is 327 g/mol. The molecule has 6 heteroatoms. The van der Waals surface area contributed by atoms with E-state index in [2.05, 4.69) is 5.32 Å². The number of carbonyl (C=O) groups excluding carboxylic acids is 1. The third kappa shape index (κ3) is 3.65. The fourth-order valence-electron chi connectivity index (χ4n) is 2.63. The molecular weight excluding hydrogens is 304 g/mol. The smallest absolute Gasteiger partial charge is 0.223 e. The second-order valence-corrected chi connectivity index (χ2v) is 5.94. The van der Waals surface area contributed by atoms with Crippen molar-refractivity contribution in [3.8, 4) is 11.5 Å². The van der Waals surface area contributed by atoms with Gasteiger partial charge in [0.05, 0.1) is 0 Å². The Bertz CT molecular complexity index is 538. The second kappa shape index (κ2) is 7.20. The topological polar surface area (TPSA) is 73.6 Å². The Hall–Kier alpha value is -1.46. The molecule has 1 aromatic carbocycles. The largest absolute Gasteiger partial charge is 0.486 e. The molecule has 1 aromatic rings. The normalized spacial score (nSPS) is 23.2. The summed E-state index contributed by atoms with van der Waals surface area (Å²) < 4.78 is 11.1.